The van der Waals surface area contributed by atoms with Crippen molar-refractivity contribution in [1.82, 2.24) is 5.32 Å². The molecule has 2 aromatic rings. The third kappa shape index (κ3) is 2.87. The number of rotatable bonds is 4. The zero-order valence-electron chi connectivity index (χ0n) is 9.41. The summed E-state index contributed by atoms with van der Waals surface area (Å²) in [7, 11) is 0. The quantitative estimate of drug-likeness (QED) is 0.855. The topological polar surface area (TPSA) is 25.2 Å². The Bertz CT molecular complexity index is 484. The SMILES string of the molecule is CCNC(c1ccoc1)c1ccc(F)cc1I. The van der Waals surface area contributed by atoms with E-state index < -0.39 is 0 Å². The molecule has 90 valence electrons. The Morgan fingerprint density at radius 2 is 2.24 bits per heavy atom. The summed E-state index contributed by atoms with van der Waals surface area (Å²) in [6.07, 6.45) is 3.36. The highest BCUT2D eigenvalue weighted by Gasteiger charge is 2.17. The number of hydrogen-bond donors (Lipinski definition) is 1. The van der Waals surface area contributed by atoms with Crippen LogP contribution in [0, 0.1) is 9.39 Å². The van der Waals surface area contributed by atoms with Crippen molar-refractivity contribution in [2.75, 3.05) is 6.54 Å². The molecule has 1 aromatic carbocycles. The van der Waals surface area contributed by atoms with E-state index >= 15 is 0 Å². The summed E-state index contributed by atoms with van der Waals surface area (Å²) in [6.45, 7) is 2.88. The Kier molecular flexibility index (Phi) is 4.17. The second-order valence-electron chi connectivity index (χ2n) is 3.71. The minimum atomic E-state index is -0.208. The predicted octanol–water partition coefficient (Wildman–Crippen LogP) is 3.72. The van der Waals surface area contributed by atoms with Gasteiger partial charge in [0.05, 0.1) is 18.6 Å². The Morgan fingerprint density at radius 3 is 2.82 bits per heavy atom. The molecule has 0 aliphatic heterocycles. The van der Waals surface area contributed by atoms with Crippen molar-refractivity contribution in [1.29, 1.82) is 0 Å². The zero-order chi connectivity index (χ0) is 12.3. The molecule has 0 aliphatic rings. The van der Waals surface area contributed by atoms with E-state index in [0.717, 1.165) is 21.2 Å². The van der Waals surface area contributed by atoms with Crippen molar-refractivity contribution in [2.45, 2.75) is 13.0 Å². The molecule has 0 bridgehead atoms. The molecular weight excluding hydrogens is 332 g/mol. The molecule has 0 amide bonds. The molecule has 1 heterocycles. The lowest BCUT2D eigenvalue weighted by Crippen LogP contribution is -2.22. The molecule has 0 radical (unpaired) electrons. The lowest BCUT2D eigenvalue weighted by molar-refractivity contribution is 0.552. The van der Waals surface area contributed by atoms with Gasteiger partial charge in [-0.05, 0) is 52.9 Å². The van der Waals surface area contributed by atoms with Crippen LogP contribution in [0.25, 0.3) is 0 Å². The van der Waals surface area contributed by atoms with Gasteiger partial charge in [0.1, 0.15) is 5.82 Å². The first-order valence-electron chi connectivity index (χ1n) is 5.42. The number of benzene rings is 1. The largest absolute Gasteiger partial charge is 0.472 e. The van der Waals surface area contributed by atoms with Gasteiger partial charge in [-0.2, -0.15) is 0 Å². The van der Waals surface area contributed by atoms with Gasteiger partial charge in [0.15, 0.2) is 0 Å². The van der Waals surface area contributed by atoms with Crippen LogP contribution >= 0.6 is 22.6 Å². The van der Waals surface area contributed by atoms with Crippen molar-refractivity contribution in [3.8, 4) is 0 Å². The summed E-state index contributed by atoms with van der Waals surface area (Å²) in [5.41, 5.74) is 2.12. The van der Waals surface area contributed by atoms with Crippen LogP contribution in [0.4, 0.5) is 4.39 Å². The number of hydrogen-bond acceptors (Lipinski definition) is 2. The first-order chi connectivity index (χ1) is 8.22. The number of nitrogens with one attached hydrogen (secondary N) is 1. The lowest BCUT2D eigenvalue weighted by Gasteiger charge is -2.18. The highest BCUT2D eigenvalue weighted by molar-refractivity contribution is 14.1. The van der Waals surface area contributed by atoms with E-state index in [0.29, 0.717) is 0 Å². The van der Waals surface area contributed by atoms with E-state index in [4.69, 9.17) is 4.42 Å². The minimum absolute atomic E-state index is 0.0475. The van der Waals surface area contributed by atoms with Crippen LogP contribution in [0.15, 0.2) is 41.2 Å². The molecule has 0 aliphatic carbocycles. The smallest absolute Gasteiger partial charge is 0.124 e. The molecule has 2 nitrogen and oxygen atoms in total. The van der Waals surface area contributed by atoms with E-state index in [1.54, 1.807) is 18.6 Å². The maximum Gasteiger partial charge on any atom is 0.124 e. The van der Waals surface area contributed by atoms with Crippen LogP contribution in [-0.4, -0.2) is 6.54 Å². The number of halogens is 2. The Balaban J connectivity index is 2.39. The van der Waals surface area contributed by atoms with Gasteiger partial charge < -0.3 is 9.73 Å². The molecule has 1 aromatic heterocycles. The fraction of sp³-hybridized carbons (Fsp3) is 0.231. The van der Waals surface area contributed by atoms with Crippen LogP contribution in [-0.2, 0) is 0 Å². The van der Waals surface area contributed by atoms with Crippen molar-refractivity contribution in [2.24, 2.45) is 0 Å². The van der Waals surface area contributed by atoms with Crippen molar-refractivity contribution < 1.29 is 8.81 Å². The maximum absolute atomic E-state index is 13.1. The van der Waals surface area contributed by atoms with Gasteiger partial charge >= 0.3 is 0 Å². The van der Waals surface area contributed by atoms with Gasteiger partial charge in [0, 0.05) is 9.13 Å². The first kappa shape index (κ1) is 12.6. The monoisotopic (exact) mass is 345 g/mol. The second kappa shape index (κ2) is 5.64. The normalized spacial score (nSPS) is 12.6. The highest BCUT2D eigenvalue weighted by Crippen LogP contribution is 2.27. The second-order valence-corrected chi connectivity index (χ2v) is 4.88. The van der Waals surface area contributed by atoms with Crippen molar-refractivity contribution >= 4 is 22.6 Å². The summed E-state index contributed by atoms with van der Waals surface area (Å²) in [5, 5.41) is 3.37. The Hall–Kier alpha value is -0.880. The maximum atomic E-state index is 13.1. The Labute approximate surface area is 113 Å². The van der Waals surface area contributed by atoms with Gasteiger partial charge in [0.25, 0.3) is 0 Å². The summed E-state index contributed by atoms with van der Waals surface area (Å²) in [6, 6.07) is 6.82. The Morgan fingerprint density at radius 1 is 1.41 bits per heavy atom. The zero-order valence-corrected chi connectivity index (χ0v) is 11.6. The first-order valence-corrected chi connectivity index (χ1v) is 6.50. The standard InChI is InChI=1S/C13H13FINO/c1-2-16-13(9-5-6-17-8-9)11-4-3-10(14)7-12(11)15/h3-8,13,16H,2H2,1H3. The molecule has 0 spiro atoms. The van der Waals surface area contributed by atoms with Crippen LogP contribution < -0.4 is 5.32 Å². The summed E-state index contributed by atoms with van der Waals surface area (Å²) in [5.74, 6) is -0.208. The van der Waals surface area contributed by atoms with E-state index in [1.807, 2.05) is 19.1 Å². The average molecular weight is 345 g/mol. The molecule has 17 heavy (non-hydrogen) atoms. The van der Waals surface area contributed by atoms with E-state index in [1.165, 1.54) is 6.07 Å². The van der Waals surface area contributed by atoms with Crippen LogP contribution in [0.3, 0.4) is 0 Å². The van der Waals surface area contributed by atoms with Crippen LogP contribution in [0.2, 0.25) is 0 Å². The third-order valence-corrected chi connectivity index (χ3v) is 3.49. The van der Waals surface area contributed by atoms with E-state index in [-0.39, 0.29) is 11.9 Å². The van der Waals surface area contributed by atoms with Crippen molar-refractivity contribution in [3.63, 3.8) is 0 Å². The highest BCUT2D eigenvalue weighted by atomic mass is 127. The molecule has 0 fully saturated rings. The van der Waals surface area contributed by atoms with Crippen molar-refractivity contribution in [3.05, 3.63) is 57.3 Å². The lowest BCUT2D eigenvalue weighted by atomic mass is 10.0. The average Bonchev–Trinajstić information content (AvgIpc) is 2.80. The molecule has 1 atom stereocenters. The molecule has 0 saturated heterocycles. The molecular formula is C13H13FINO. The minimum Gasteiger partial charge on any atom is -0.472 e. The van der Waals surface area contributed by atoms with E-state index in [9.17, 15) is 4.39 Å². The molecule has 1 unspecified atom stereocenters. The van der Waals surface area contributed by atoms with Gasteiger partial charge in [-0.15, -0.1) is 0 Å². The van der Waals surface area contributed by atoms with Gasteiger partial charge in [-0.3, -0.25) is 0 Å². The molecule has 1 N–H and O–H groups in total. The van der Waals surface area contributed by atoms with Gasteiger partial charge in [0.2, 0.25) is 0 Å². The molecule has 4 heteroatoms. The summed E-state index contributed by atoms with van der Waals surface area (Å²) in [4.78, 5) is 0. The third-order valence-electron chi connectivity index (χ3n) is 2.56. The van der Waals surface area contributed by atoms with E-state index in [2.05, 4.69) is 27.9 Å². The summed E-state index contributed by atoms with van der Waals surface area (Å²) < 4.78 is 19.1. The van der Waals surface area contributed by atoms with Crippen LogP contribution in [0.5, 0.6) is 0 Å². The summed E-state index contributed by atoms with van der Waals surface area (Å²) >= 11 is 2.16. The molecule has 0 saturated carbocycles. The predicted molar refractivity (Wildman–Crippen MR) is 73.3 cm³/mol. The fourth-order valence-electron chi connectivity index (χ4n) is 1.79. The van der Waals surface area contributed by atoms with Gasteiger partial charge in [-0.25, -0.2) is 4.39 Å². The number of furan rings is 1. The molecule has 2 rings (SSSR count). The fourth-order valence-corrected chi connectivity index (χ4v) is 2.58. The van der Waals surface area contributed by atoms with Crippen LogP contribution in [0.1, 0.15) is 24.1 Å². The van der Waals surface area contributed by atoms with Gasteiger partial charge in [-0.1, -0.05) is 13.0 Å².